The van der Waals surface area contributed by atoms with E-state index in [0.29, 0.717) is 0 Å². The normalized spacial score (nSPS) is 12.9. The molecule has 0 aliphatic carbocycles. The van der Waals surface area contributed by atoms with Gasteiger partial charge in [0.15, 0.2) is 0 Å². The van der Waals surface area contributed by atoms with Crippen LogP contribution in [0.1, 0.15) is 51.5 Å². The van der Waals surface area contributed by atoms with E-state index in [1.807, 2.05) is 31.2 Å². The number of hydrogen-bond acceptors (Lipinski definition) is 2. The van der Waals surface area contributed by atoms with E-state index in [1.54, 1.807) is 6.92 Å². The van der Waals surface area contributed by atoms with Gasteiger partial charge in [-0.2, -0.15) is 0 Å². The fraction of sp³-hybridized carbons (Fsp3) is 0.471. The molecule has 3 heteroatoms. The highest BCUT2D eigenvalue weighted by Crippen LogP contribution is 2.23. The van der Waals surface area contributed by atoms with E-state index < -0.39 is 5.97 Å². The van der Waals surface area contributed by atoms with Crippen molar-refractivity contribution in [3.8, 4) is 17.6 Å². The van der Waals surface area contributed by atoms with Crippen LogP contribution in [0.2, 0.25) is 0 Å². The summed E-state index contributed by atoms with van der Waals surface area (Å²) in [4.78, 5) is 10.8. The maximum Gasteiger partial charge on any atom is 0.304 e. The predicted molar refractivity (Wildman–Crippen MR) is 79.9 cm³/mol. The number of carbonyl (C=O) groups is 1. The summed E-state index contributed by atoms with van der Waals surface area (Å²) in [5.41, 5.74) is 0.914. The molecule has 0 aliphatic heterocycles. The lowest BCUT2D eigenvalue weighted by molar-refractivity contribution is -0.137. The number of hydrogen-bond donors (Lipinski definition) is 1. The fourth-order valence-corrected chi connectivity index (χ4v) is 2.08. The molecular formula is C17H22O3. The minimum atomic E-state index is -0.838. The van der Waals surface area contributed by atoms with Gasteiger partial charge in [-0.05, 0) is 38.0 Å². The van der Waals surface area contributed by atoms with Crippen molar-refractivity contribution in [3.63, 3.8) is 0 Å². The summed E-state index contributed by atoms with van der Waals surface area (Å²) in [6.07, 6.45) is 2.32. The second kappa shape index (κ2) is 8.27. The van der Waals surface area contributed by atoms with Crippen molar-refractivity contribution in [2.24, 2.45) is 0 Å². The highest BCUT2D eigenvalue weighted by Gasteiger charge is 2.13. The molecule has 1 rings (SSSR count). The van der Waals surface area contributed by atoms with Crippen LogP contribution in [-0.2, 0) is 4.79 Å². The summed E-state index contributed by atoms with van der Waals surface area (Å²) in [6, 6.07) is 7.55. The SMILES string of the molecule is CC#C[C@@H](CC(=O)O)c1ccc(O[C@@H](C)CCC)cc1. The molecule has 0 saturated carbocycles. The van der Waals surface area contributed by atoms with E-state index in [9.17, 15) is 4.79 Å². The number of benzene rings is 1. The Morgan fingerprint density at radius 1 is 1.35 bits per heavy atom. The molecule has 2 atom stereocenters. The molecule has 0 spiro atoms. The Balaban J connectivity index is 2.76. The summed E-state index contributed by atoms with van der Waals surface area (Å²) < 4.78 is 5.78. The van der Waals surface area contributed by atoms with E-state index in [0.717, 1.165) is 24.2 Å². The van der Waals surface area contributed by atoms with Crippen LogP contribution >= 0.6 is 0 Å². The lowest BCUT2D eigenvalue weighted by Gasteiger charge is -2.15. The molecule has 0 aliphatic rings. The lowest BCUT2D eigenvalue weighted by Crippen LogP contribution is -2.11. The van der Waals surface area contributed by atoms with Crippen LogP contribution in [0.25, 0.3) is 0 Å². The molecule has 108 valence electrons. The third-order valence-corrected chi connectivity index (χ3v) is 3.01. The highest BCUT2D eigenvalue weighted by atomic mass is 16.5. The quantitative estimate of drug-likeness (QED) is 0.768. The molecule has 20 heavy (non-hydrogen) atoms. The van der Waals surface area contributed by atoms with Crippen molar-refractivity contribution in [1.29, 1.82) is 0 Å². The number of ether oxygens (including phenoxy) is 1. The Bertz CT molecular complexity index is 479. The van der Waals surface area contributed by atoms with Crippen LogP contribution in [0.5, 0.6) is 5.75 Å². The minimum absolute atomic E-state index is 0.0211. The average molecular weight is 274 g/mol. The van der Waals surface area contributed by atoms with E-state index in [4.69, 9.17) is 9.84 Å². The second-order valence-electron chi connectivity index (χ2n) is 4.83. The molecule has 3 nitrogen and oxygen atoms in total. The molecule has 0 unspecified atom stereocenters. The molecule has 0 amide bonds. The summed E-state index contributed by atoms with van der Waals surface area (Å²) in [6.45, 7) is 5.90. The molecule has 0 radical (unpaired) electrons. The zero-order valence-electron chi connectivity index (χ0n) is 12.3. The molecule has 1 aromatic rings. The Labute approximate surface area is 121 Å². The van der Waals surface area contributed by atoms with Crippen molar-refractivity contribution in [2.45, 2.75) is 52.1 Å². The number of rotatable bonds is 7. The lowest BCUT2D eigenvalue weighted by atomic mass is 9.96. The smallest absolute Gasteiger partial charge is 0.304 e. The van der Waals surface area contributed by atoms with Crippen LogP contribution in [0, 0.1) is 11.8 Å². The van der Waals surface area contributed by atoms with Gasteiger partial charge in [-0.15, -0.1) is 5.92 Å². The summed E-state index contributed by atoms with van der Waals surface area (Å²) in [5.74, 6) is 5.44. The number of aliphatic carboxylic acids is 1. The largest absolute Gasteiger partial charge is 0.491 e. The molecule has 1 N–H and O–H groups in total. The van der Waals surface area contributed by atoms with Crippen LogP contribution < -0.4 is 4.74 Å². The van der Waals surface area contributed by atoms with Crippen molar-refractivity contribution < 1.29 is 14.6 Å². The van der Waals surface area contributed by atoms with Gasteiger partial charge in [0.1, 0.15) is 5.75 Å². The first-order chi connectivity index (χ1) is 9.56. The topological polar surface area (TPSA) is 46.5 Å². The van der Waals surface area contributed by atoms with Gasteiger partial charge in [0, 0.05) is 0 Å². The zero-order chi connectivity index (χ0) is 15.0. The first-order valence-electron chi connectivity index (χ1n) is 6.97. The number of carboxylic acid groups (broad SMARTS) is 1. The molecule has 0 heterocycles. The standard InChI is InChI=1S/C17H22O3/c1-4-6-13(3)20-16-10-8-14(9-11-16)15(7-5-2)12-17(18)19/h8-11,13,15H,4,6,12H2,1-3H3,(H,18,19)/t13-,15-/m0/s1. The van der Waals surface area contributed by atoms with E-state index >= 15 is 0 Å². The predicted octanol–water partition coefficient (Wildman–Crippen LogP) is 3.84. The molecule has 0 saturated heterocycles. The van der Waals surface area contributed by atoms with Gasteiger partial charge < -0.3 is 9.84 Å². The fourth-order valence-electron chi connectivity index (χ4n) is 2.08. The first kappa shape index (κ1) is 16.1. The molecule has 1 aromatic carbocycles. The van der Waals surface area contributed by atoms with E-state index in [-0.39, 0.29) is 18.4 Å². The Hall–Kier alpha value is -1.95. The highest BCUT2D eigenvalue weighted by molar-refractivity contribution is 5.69. The van der Waals surface area contributed by atoms with E-state index in [1.165, 1.54) is 0 Å². The second-order valence-corrected chi connectivity index (χ2v) is 4.83. The van der Waals surface area contributed by atoms with Crippen LogP contribution in [-0.4, -0.2) is 17.2 Å². The molecule has 0 aromatic heterocycles. The van der Waals surface area contributed by atoms with Gasteiger partial charge in [0.2, 0.25) is 0 Å². The molecule has 0 fully saturated rings. The van der Waals surface area contributed by atoms with Gasteiger partial charge in [0.25, 0.3) is 0 Å². The average Bonchev–Trinajstić information content (AvgIpc) is 2.39. The van der Waals surface area contributed by atoms with Gasteiger partial charge in [-0.3, -0.25) is 4.79 Å². The van der Waals surface area contributed by atoms with E-state index in [2.05, 4.69) is 18.8 Å². The van der Waals surface area contributed by atoms with Crippen molar-refractivity contribution in [3.05, 3.63) is 29.8 Å². The summed E-state index contributed by atoms with van der Waals surface area (Å²) in [5, 5.41) is 8.91. The Morgan fingerprint density at radius 2 is 2.00 bits per heavy atom. The number of carboxylic acids is 1. The monoisotopic (exact) mass is 274 g/mol. The Morgan fingerprint density at radius 3 is 2.50 bits per heavy atom. The van der Waals surface area contributed by atoms with Crippen LogP contribution in [0.15, 0.2) is 24.3 Å². The van der Waals surface area contributed by atoms with Gasteiger partial charge >= 0.3 is 5.97 Å². The van der Waals surface area contributed by atoms with Gasteiger partial charge in [0.05, 0.1) is 18.4 Å². The molecular weight excluding hydrogens is 252 g/mol. The van der Waals surface area contributed by atoms with Crippen LogP contribution in [0.3, 0.4) is 0 Å². The molecule has 0 bridgehead atoms. The van der Waals surface area contributed by atoms with Gasteiger partial charge in [-0.1, -0.05) is 31.4 Å². The van der Waals surface area contributed by atoms with Crippen molar-refractivity contribution >= 4 is 5.97 Å². The van der Waals surface area contributed by atoms with Gasteiger partial charge in [-0.25, -0.2) is 0 Å². The summed E-state index contributed by atoms with van der Waals surface area (Å²) >= 11 is 0. The zero-order valence-corrected chi connectivity index (χ0v) is 12.3. The third-order valence-electron chi connectivity index (χ3n) is 3.01. The minimum Gasteiger partial charge on any atom is -0.491 e. The first-order valence-corrected chi connectivity index (χ1v) is 6.97. The maximum absolute atomic E-state index is 10.8. The van der Waals surface area contributed by atoms with Crippen molar-refractivity contribution in [1.82, 2.24) is 0 Å². The maximum atomic E-state index is 10.8. The van der Waals surface area contributed by atoms with Crippen LogP contribution in [0.4, 0.5) is 0 Å². The summed E-state index contributed by atoms with van der Waals surface area (Å²) in [7, 11) is 0. The third kappa shape index (κ3) is 5.36. The Kier molecular flexibility index (Phi) is 6.66. The van der Waals surface area contributed by atoms with Crippen molar-refractivity contribution in [2.75, 3.05) is 0 Å².